The number of rotatable bonds is 6. The Kier molecular flexibility index (Phi) is 5.65. The average Bonchev–Trinajstić information content (AvgIpc) is 2.90. The summed E-state index contributed by atoms with van der Waals surface area (Å²) >= 11 is 4.10. The number of nitrogens with one attached hydrogen (secondary N) is 1. The van der Waals surface area contributed by atoms with E-state index in [-0.39, 0.29) is 0 Å². The lowest BCUT2D eigenvalue weighted by molar-refractivity contribution is 0.282. The Morgan fingerprint density at radius 1 is 1.53 bits per heavy atom. The predicted molar refractivity (Wildman–Crippen MR) is 81.4 cm³/mol. The Morgan fingerprint density at radius 2 is 2.29 bits per heavy atom. The van der Waals surface area contributed by atoms with Gasteiger partial charge in [-0.3, -0.25) is 0 Å². The van der Waals surface area contributed by atoms with Crippen molar-refractivity contribution in [3.05, 3.63) is 14.1 Å². The van der Waals surface area contributed by atoms with Crippen molar-refractivity contribution in [2.24, 2.45) is 5.92 Å². The minimum Gasteiger partial charge on any atom is -0.310 e. The van der Waals surface area contributed by atoms with Crippen LogP contribution in [-0.4, -0.2) is 36.1 Å². The van der Waals surface area contributed by atoms with Gasteiger partial charge in [0.1, 0.15) is 5.01 Å². The molecule has 0 amide bonds. The average molecular weight is 365 g/mol. The van der Waals surface area contributed by atoms with Crippen molar-refractivity contribution < 1.29 is 0 Å². The molecule has 1 aromatic heterocycles. The highest BCUT2D eigenvalue weighted by atomic mass is 127. The van der Waals surface area contributed by atoms with Crippen LogP contribution in [0.5, 0.6) is 0 Å². The summed E-state index contributed by atoms with van der Waals surface area (Å²) < 4.78 is 1.27. The molecule has 0 spiro atoms. The van der Waals surface area contributed by atoms with E-state index in [0.29, 0.717) is 0 Å². The largest absolute Gasteiger partial charge is 0.310 e. The summed E-state index contributed by atoms with van der Waals surface area (Å²) in [5.74, 6) is 0.729. The smallest absolute Gasteiger partial charge is 0.107 e. The Bertz CT molecular complexity index is 336. The van der Waals surface area contributed by atoms with E-state index in [0.717, 1.165) is 19.0 Å². The first-order chi connectivity index (χ1) is 8.24. The van der Waals surface area contributed by atoms with E-state index >= 15 is 0 Å². The van der Waals surface area contributed by atoms with Crippen LogP contribution in [0.4, 0.5) is 0 Å². The number of halogens is 1. The van der Waals surface area contributed by atoms with Gasteiger partial charge in [-0.15, -0.1) is 11.3 Å². The van der Waals surface area contributed by atoms with Gasteiger partial charge in [0.2, 0.25) is 0 Å². The van der Waals surface area contributed by atoms with Crippen LogP contribution in [0.1, 0.15) is 24.8 Å². The first kappa shape index (κ1) is 13.7. The molecule has 0 bridgehead atoms. The molecule has 96 valence electrons. The van der Waals surface area contributed by atoms with Gasteiger partial charge in [0.15, 0.2) is 0 Å². The lowest BCUT2D eigenvalue weighted by atomic mass is 10.1. The van der Waals surface area contributed by atoms with Crippen molar-refractivity contribution in [3.63, 3.8) is 0 Å². The molecule has 1 aromatic rings. The third kappa shape index (κ3) is 4.81. The molecule has 3 nitrogen and oxygen atoms in total. The van der Waals surface area contributed by atoms with Crippen molar-refractivity contribution in [2.45, 2.75) is 26.3 Å². The normalized spacial score (nSPS) is 18.7. The second-order valence-electron chi connectivity index (χ2n) is 4.80. The molecule has 2 rings (SSSR count). The number of thiazole rings is 1. The molecule has 0 aromatic carbocycles. The predicted octanol–water partition coefficient (Wildman–Crippen LogP) is 2.57. The zero-order chi connectivity index (χ0) is 12.1. The van der Waals surface area contributed by atoms with Crippen LogP contribution in [0.2, 0.25) is 0 Å². The monoisotopic (exact) mass is 365 g/mol. The topological polar surface area (TPSA) is 28.2 Å². The third-order valence-corrected chi connectivity index (χ3v) is 4.79. The SMILES string of the molecule is CC(CNCc1ncc(I)s1)CN1CCCC1. The lowest BCUT2D eigenvalue weighted by Crippen LogP contribution is -2.31. The standard InChI is InChI=1S/C12H20IN3S/c1-10(9-16-4-2-3-5-16)6-14-8-12-15-7-11(13)17-12/h7,10,14H,2-6,8-9H2,1H3. The molecule has 1 N–H and O–H groups in total. The van der Waals surface area contributed by atoms with Gasteiger partial charge in [0, 0.05) is 13.1 Å². The summed E-state index contributed by atoms with van der Waals surface area (Å²) in [5, 5.41) is 4.70. The van der Waals surface area contributed by atoms with Gasteiger partial charge in [0.25, 0.3) is 0 Å². The van der Waals surface area contributed by atoms with Crippen molar-refractivity contribution >= 4 is 33.9 Å². The van der Waals surface area contributed by atoms with Crippen LogP contribution in [0.3, 0.4) is 0 Å². The second kappa shape index (κ2) is 7.01. The van der Waals surface area contributed by atoms with Crippen molar-refractivity contribution in [1.82, 2.24) is 15.2 Å². The molecular weight excluding hydrogens is 345 g/mol. The molecule has 17 heavy (non-hydrogen) atoms. The molecule has 1 atom stereocenters. The molecule has 5 heteroatoms. The summed E-state index contributed by atoms with van der Waals surface area (Å²) in [4.78, 5) is 6.94. The minimum absolute atomic E-state index is 0.729. The van der Waals surface area contributed by atoms with Gasteiger partial charge in [-0.2, -0.15) is 0 Å². The maximum atomic E-state index is 4.35. The molecule has 1 aliphatic rings. The first-order valence-corrected chi connectivity index (χ1v) is 8.17. The molecule has 0 saturated carbocycles. The molecule has 1 unspecified atom stereocenters. The van der Waals surface area contributed by atoms with Gasteiger partial charge in [-0.1, -0.05) is 6.92 Å². The molecule has 2 heterocycles. The molecular formula is C12H20IN3S. The fourth-order valence-corrected chi connectivity index (χ4v) is 3.78. The van der Waals surface area contributed by atoms with Gasteiger partial charge >= 0.3 is 0 Å². The van der Waals surface area contributed by atoms with E-state index in [4.69, 9.17) is 0 Å². The van der Waals surface area contributed by atoms with Crippen molar-refractivity contribution in [1.29, 1.82) is 0 Å². The fourth-order valence-electron chi connectivity index (χ4n) is 2.27. The second-order valence-corrected chi connectivity index (χ2v) is 7.81. The maximum absolute atomic E-state index is 4.35. The van der Waals surface area contributed by atoms with Crippen LogP contribution in [0.25, 0.3) is 0 Å². The van der Waals surface area contributed by atoms with E-state index < -0.39 is 0 Å². The lowest BCUT2D eigenvalue weighted by Gasteiger charge is -2.20. The first-order valence-electron chi connectivity index (χ1n) is 6.27. The van der Waals surface area contributed by atoms with Crippen molar-refractivity contribution in [2.75, 3.05) is 26.2 Å². The van der Waals surface area contributed by atoms with Crippen LogP contribution in [0.15, 0.2) is 6.20 Å². The van der Waals surface area contributed by atoms with Crippen LogP contribution < -0.4 is 5.32 Å². The van der Waals surface area contributed by atoms with Crippen molar-refractivity contribution in [3.8, 4) is 0 Å². The van der Waals surface area contributed by atoms with E-state index in [2.05, 4.69) is 44.7 Å². The highest BCUT2D eigenvalue weighted by molar-refractivity contribution is 14.1. The Labute approximate surface area is 121 Å². The summed E-state index contributed by atoms with van der Waals surface area (Å²) in [6, 6.07) is 0. The third-order valence-electron chi connectivity index (χ3n) is 3.06. The summed E-state index contributed by atoms with van der Waals surface area (Å²) in [6.45, 7) is 8.17. The fraction of sp³-hybridized carbons (Fsp3) is 0.750. The van der Waals surface area contributed by atoms with E-state index in [9.17, 15) is 0 Å². The van der Waals surface area contributed by atoms with Crippen LogP contribution >= 0.6 is 33.9 Å². The zero-order valence-corrected chi connectivity index (χ0v) is 13.3. The number of hydrogen-bond acceptors (Lipinski definition) is 4. The molecule has 1 saturated heterocycles. The van der Waals surface area contributed by atoms with Crippen LogP contribution in [-0.2, 0) is 6.54 Å². The van der Waals surface area contributed by atoms with Gasteiger partial charge < -0.3 is 10.2 Å². The summed E-state index contributed by atoms with van der Waals surface area (Å²) in [6.07, 6.45) is 4.71. The number of likely N-dealkylation sites (tertiary alicyclic amines) is 1. The molecule has 1 fully saturated rings. The number of nitrogens with zero attached hydrogens (tertiary/aromatic N) is 2. The molecule has 0 radical (unpaired) electrons. The summed E-state index contributed by atoms with van der Waals surface area (Å²) in [7, 11) is 0. The highest BCUT2D eigenvalue weighted by Gasteiger charge is 2.14. The molecule has 0 aliphatic carbocycles. The van der Waals surface area contributed by atoms with E-state index in [1.165, 1.54) is 40.4 Å². The Morgan fingerprint density at radius 3 is 2.94 bits per heavy atom. The molecule has 1 aliphatic heterocycles. The van der Waals surface area contributed by atoms with Gasteiger partial charge in [0.05, 0.1) is 9.08 Å². The van der Waals surface area contributed by atoms with Gasteiger partial charge in [-0.05, 0) is 61.0 Å². The van der Waals surface area contributed by atoms with Crippen LogP contribution in [0, 0.1) is 8.80 Å². The quantitative estimate of drug-likeness (QED) is 0.786. The minimum atomic E-state index is 0.729. The number of aromatic nitrogens is 1. The van der Waals surface area contributed by atoms with Gasteiger partial charge in [-0.25, -0.2) is 4.98 Å². The zero-order valence-electron chi connectivity index (χ0n) is 10.3. The van der Waals surface area contributed by atoms with E-state index in [1.807, 2.05) is 6.20 Å². The maximum Gasteiger partial charge on any atom is 0.107 e. The van der Waals surface area contributed by atoms with E-state index in [1.54, 1.807) is 11.3 Å². The Balaban J connectivity index is 1.60. The Hall–Kier alpha value is 0.280. The highest BCUT2D eigenvalue weighted by Crippen LogP contribution is 2.14. The number of hydrogen-bond donors (Lipinski definition) is 1. The summed E-state index contributed by atoms with van der Waals surface area (Å²) in [5.41, 5.74) is 0.